The summed E-state index contributed by atoms with van der Waals surface area (Å²) in [7, 11) is 0. The molecule has 0 radical (unpaired) electrons. The Morgan fingerprint density at radius 1 is 1.25 bits per heavy atom. The van der Waals surface area contributed by atoms with E-state index in [0.717, 1.165) is 12.1 Å². The summed E-state index contributed by atoms with van der Waals surface area (Å²) in [6.07, 6.45) is 2.91. The average molecular weight is 286 g/mol. The molecule has 0 spiro atoms. The molecule has 2 aromatic heterocycles. The van der Waals surface area contributed by atoms with Gasteiger partial charge in [-0.05, 0) is 35.0 Å². The van der Waals surface area contributed by atoms with Gasteiger partial charge in [0.25, 0.3) is 0 Å². The van der Waals surface area contributed by atoms with E-state index in [-0.39, 0.29) is 11.9 Å². The fourth-order valence-corrected chi connectivity index (χ4v) is 3.42. The minimum absolute atomic E-state index is 0.140. The molecule has 0 fully saturated rings. The quantitative estimate of drug-likeness (QED) is 0.780. The molecule has 0 aliphatic heterocycles. The monoisotopic (exact) mass is 286 g/mol. The van der Waals surface area contributed by atoms with Crippen LogP contribution in [0, 0.1) is 5.82 Å². The molecule has 0 amide bonds. The standard InChI is InChI=1S/C16H15FN2S/c1-2-19-16(12-7-8-18-9-14(12)17)13-10-20-15-6-4-3-5-11(13)15/h3-10,16,19H,2H2,1H3. The molecule has 3 aromatic rings. The lowest BCUT2D eigenvalue weighted by molar-refractivity contribution is 0.557. The van der Waals surface area contributed by atoms with Gasteiger partial charge in [-0.3, -0.25) is 4.98 Å². The number of nitrogens with zero attached hydrogens (tertiary/aromatic N) is 1. The molecule has 4 heteroatoms. The van der Waals surface area contributed by atoms with Gasteiger partial charge in [0, 0.05) is 16.5 Å². The Kier molecular flexibility index (Phi) is 3.76. The summed E-state index contributed by atoms with van der Waals surface area (Å²) in [5.41, 5.74) is 1.77. The number of fused-ring (bicyclic) bond motifs is 1. The molecule has 20 heavy (non-hydrogen) atoms. The molecule has 1 atom stereocenters. The van der Waals surface area contributed by atoms with Gasteiger partial charge in [0.05, 0.1) is 12.2 Å². The molecule has 1 N–H and O–H groups in total. The summed E-state index contributed by atoms with van der Waals surface area (Å²) >= 11 is 1.69. The molecule has 2 nitrogen and oxygen atoms in total. The molecular weight excluding hydrogens is 271 g/mol. The first kappa shape index (κ1) is 13.2. The van der Waals surface area contributed by atoms with Crippen LogP contribution in [-0.2, 0) is 0 Å². The van der Waals surface area contributed by atoms with Crippen LogP contribution in [0.4, 0.5) is 4.39 Å². The number of hydrogen-bond donors (Lipinski definition) is 1. The Hall–Kier alpha value is -1.78. The van der Waals surface area contributed by atoms with Crippen molar-refractivity contribution in [2.45, 2.75) is 13.0 Å². The molecule has 1 unspecified atom stereocenters. The van der Waals surface area contributed by atoms with E-state index in [1.54, 1.807) is 23.6 Å². The zero-order valence-corrected chi connectivity index (χ0v) is 12.0. The minimum Gasteiger partial charge on any atom is -0.306 e. The molecule has 102 valence electrons. The number of halogens is 1. The Labute approximate surface area is 121 Å². The largest absolute Gasteiger partial charge is 0.306 e. The van der Waals surface area contributed by atoms with Crippen LogP contribution in [0.15, 0.2) is 48.1 Å². The minimum atomic E-state index is -0.270. The third kappa shape index (κ3) is 2.32. The second kappa shape index (κ2) is 5.69. The lowest BCUT2D eigenvalue weighted by Gasteiger charge is -2.18. The second-order valence-corrected chi connectivity index (χ2v) is 5.49. The summed E-state index contributed by atoms with van der Waals surface area (Å²) in [5.74, 6) is -0.270. The summed E-state index contributed by atoms with van der Waals surface area (Å²) in [4.78, 5) is 3.83. The summed E-state index contributed by atoms with van der Waals surface area (Å²) in [6.45, 7) is 2.80. The lowest BCUT2D eigenvalue weighted by Crippen LogP contribution is -2.22. The molecule has 0 aliphatic carbocycles. The lowest BCUT2D eigenvalue weighted by atomic mass is 9.98. The van der Waals surface area contributed by atoms with E-state index < -0.39 is 0 Å². The molecule has 0 aliphatic rings. The van der Waals surface area contributed by atoms with Gasteiger partial charge >= 0.3 is 0 Å². The number of thiophene rings is 1. The molecule has 0 saturated carbocycles. The molecule has 3 rings (SSSR count). The van der Waals surface area contributed by atoms with Crippen molar-refractivity contribution >= 4 is 21.4 Å². The highest BCUT2D eigenvalue weighted by atomic mass is 32.1. The van der Waals surface area contributed by atoms with Crippen LogP contribution in [-0.4, -0.2) is 11.5 Å². The van der Waals surface area contributed by atoms with Crippen LogP contribution < -0.4 is 5.32 Å². The predicted molar refractivity (Wildman–Crippen MR) is 81.5 cm³/mol. The van der Waals surface area contributed by atoms with Crippen molar-refractivity contribution in [3.8, 4) is 0 Å². The topological polar surface area (TPSA) is 24.9 Å². The van der Waals surface area contributed by atoms with E-state index in [2.05, 4.69) is 27.8 Å². The smallest absolute Gasteiger partial charge is 0.146 e. The van der Waals surface area contributed by atoms with E-state index in [1.165, 1.54) is 16.3 Å². The molecule has 0 bridgehead atoms. The SMILES string of the molecule is CCNC(c1ccncc1F)c1csc2ccccc12. The van der Waals surface area contributed by atoms with Crippen molar-refractivity contribution in [1.29, 1.82) is 0 Å². The number of rotatable bonds is 4. The number of aromatic nitrogens is 1. The number of pyridine rings is 1. The second-order valence-electron chi connectivity index (χ2n) is 4.58. The number of benzene rings is 1. The van der Waals surface area contributed by atoms with E-state index in [9.17, 15) is 4.39 Å². The normalized spacial score (nSPS) is 12.7. The van der Waals surface area contributed by atoms with Gasteiger partial charge < -0.3 is 5.32 Å². The third-order valence-electron chi connectivity index (χ3n) is 3.34. The van der Waals surface area contributed by atoms with Crippen LogP contribution in [0.3, 0.4) is 0 Å². The van der Waals surface area contributed by atoms with E-state index in [0.29, 0.717) is 5.56 Å². The van der Waals surface area contributed by atoms with Gasteiger partial charge in [-0.25, -0.2) is 4.39 Å². The highest BCUT2D eigenvalue weighted by molar-refractivity contribution is 7.17. The van der Waals surface area contributed by atoms with Gasteiger partial charge in [-0.1, -0.05) is 25.1 Å². The van der Waals surface area contributed by atoms with Gasteiger partial charge in [0.2, 0.25) is 0 Å². The van der Waals surface area contributed by atoms with Crippen molar-refractivity contribution in [2.24, 2.45) is 0 Å². The van der Waals surface area contributed by atoms with Crippen LogP contribution in [0.1, 0.15) is 24.1 Å². The maximum atomic E-state index is 14.1. The van der Waals surface area contributed by atoms with E-state index >= 15 is 0 Å². The van der Waals surface area contributed by atoms with Gasteiger partial charge in [0.15, 0.2) is 0 Å². The predicted octanol–water partition coefficient (Wildman–Crippen LogP) is 4.13. The van der Waals surface area contributed by atoms with Gasteiger partial charge in [-0.2, -0.15) is 0 Å². The fourth-order valence-electron chi connectivity index (χ4n) is 2.43. The van der Waals surface area contributed by atoms with E-state index in [4.69, 9.17) is 0 Å². The van der Waals surface area contributed by atoms with Crippen LogP contribution in [0.25, 0.3) is 10.1 Å². The zero-order valence-electron chi connectivity index (χ0n) is 11.1. The zero-order chi connectivity index (χ0) is 13.9. The maximum absolute atomic E-state index is 14.1. The first-order chi connectivity index (χ1) is 9.81. The first-order valence-electron chi connectivity index (χ1n) is 6.60. The fraction of sp³-hybridized carbons (Fsp3) is 0.188. The molecule has 2 heterocycles. The number of nitrogens with one attached hydrogen (secondary N) is 1. The van der Waals surface area contributed by atoms with Crippen molar-refractivity contribution in [3.05, 3.63) is 65.0 Å². The summed E-state index contributed by atoms with van der Waals surface area (Å²) in [6, 6.07) is 9.83. The average Bonchev–Trinajstić information content (AvgIpc) is 2.90. The van der Waals surface area contributed by atoms with Gasteiger partial charge in [-0.15, -0.1) is 11.3 Å². The van der Waals surface area contributed by atoms with Crippen LogP contribution >= 0.6 is 11.3 Å². The Bertz CT molecular complexity index is 723. The molecule has 1 aromatic carbocycles. The summed E-state index contributed by atoms with van der Waals surface area (Å²) in [5, 5.41) is 6.66. The Morgan fingerprint density at radius 2 is 2.10 bits per heavy atom. The highest BCUT2D eigenvalue weighted by Gasteiger charge is 2.20. The van der Waals surface area contributed by atoms with E-state index in [1.807, 2.05) is 19.1 Å². The molecular formula is C16H15FN2S. The Morgan fingerprint density at radius 3 is 2.90 bits per heavy atom. The third-order valence-corrected chi connectivity index (χ3v) is 4.33. The summed E-state index contributed by atoms with van der Waals surface area (Å²) < 4.78 is 15.3. The van der Waals surface area contributed by atoms with Crippen molar-refractivity contribution < 1.29 is 4.39 Å². The maximum Gasteiger partial charge on any atom is 0.146 e. The Balaban J connectivity index is 2.14. The van der Waals surface area contributed by atoms with Crippen molar-refractivity contribution in [3.63, 3.8) is 0 Å². The van der Waals surface area contributed by atoms with Crippen molar-refractivity contribution in [2.75, 3.05) is 6.54 Å². The first-order valence-corrected chi connectivity index (χ1v) is 7.48. The van der Waals surface area contributed by atoms with Crippen molar-refractivity contribution in [1.82, 2.24) is 10.3 Å². The van der Waals surface area contributed by atoms with Crippen LogP contribution in [0.5, 0.6) is 0 Å². The van der Waals surface area contributed by atoms with Gasteiger partial charge in [0.1, 0.15) is 5.82 Å². The molecule has 0 saturated heterocycles. The highest BCUT2D eigenvalue weighted by Crippen LogP contribution is 2.34. The van der Waals surface area contributed by atoms with Crippen LogP contribution in [0.2, 0.25) is 0 Å². The number of hydrogen-bond acceptors (Lipinski definition) is 3.